The maximum atomic E-state index is 6.29. The molecular formula is C17H28O3Si. The van der Waals surface area contributed by atoms with Gasteiger partial charge in [0.1, 0.15) is 17.6 Å². The van der Waals surface area contributed by atoms with Crippen molar-refractivity contribution >= 4 is 8.32 Å². The second-order valence-corrected chi connectivity index (χ2v) is 10.6. The fraction of sp³-hybridized carbons (Fsp3) is 0.647. The van der Waals surface area contributed by atoms with E-state index in [-0.39, 0.29) is 6.10 Å². The fourth-order valence-electron chi connectivity index (χ4n) is 2.88. The Morgan fingerprint density at radius 2 is 2.00 bits per heavy atom. The summed E-state index contributed by atoms with van der Waals surface area (Å²) < 4.78 is 17.4. The van der Waals surface area contributed by atoms with Crippen LogP contribution in [0.3, 0.4) is 0 Å². The first-order chi connectivity index (χ1) is 10.1. The van der Waals surface area contributed by atoms with E-state index in [1.165, 1.54) is 0 Å². The van der Waals surface area contributed by atoms with Gasteiger partial charge in [-0.15, -0.1) is 0 Å². The quantitative estimate of drug-likeness (QED) is 0.350. The molecule has 3 nitrogen and oxygen atoms in total. The minimum atomic E-state index is -1.60. The first-order valence-electron chi connectivity index (χ1n) is 8.19. The number of furan rings is 1. The summed E-state index contributed by atoms with van der Waals surface area (Å²) in [6.45, 7) is 10.8. The van der Waals surface area contributed by atoms with Gasteiger partial charge in [0.2, 0.25) is 8.32 Å². The molecule has 0 bridgehead atoms. The molecule has 2 rings (SSSR count). The highest BCUT2D eigenvalue weighted by molar-refractivity contribution is 6.73. The van der Waals surface area contributed by atoms with Crippen LogP contribution in [0.15, 0.2) is 35.2 Å². The van der Waals surface area contributed by atoms with Gasteiger partial charge in [-0.25, -0.2) is 0 Å². The molecule has 1 saturated heterocycles. The van der Waals surface area contributed by atoms with E-state index in [2.05, 4.69) is 27.4 Å². The molecule has 0 N–H and O–H groups in total. The van der Waals surface area contributed by atoms with Crippen LogP contribution in [0.5, 0.6) is 0 Å². The van der Waals surface area contributed by atoms with Gasteiger partial charge < -0.3 is 13.6 Å². The molecular weight excluding hydrogens is 280 g/mol. The van der Waals surface area contributed by atoms with E-state index in [1.54, 1.807) is 6.26 Å². The van der Waals surface area contributed by atoms with Crippen LogP contribution in [0.4, 0.5) is 0 Å². The Balaban J connectivity index is 1.71. The summed E-state index contributed by atoms with van der Waals surface area (Å²) in [5, 5.41) is 0. The number of epoxide rings is 1. The van der Waals surface area contributed by atoms with Crippen molar-refractivity contribution in [2.24, 2.45) is 0 Å². The molecule has 0 radical (unpaired) electrons. The molecule has 1 aliphatic heterocycles. The summed E-state index contributed by atoms with van der Waals surface area (Å²) in [4.78, 5) is 0. The predicted molar refractivity (Wildman–Crippen MR) is 87.7 cm³/mol. The van der Waals surface area contributed by atoms with E-state index in [4.69, 9.17) is 13.6 Å². The molecule has 2 heterocycles. The maximum absolute atomic E-state index is 6.29. The Bertz CT molecular complexity index is 429. The molecule has 118 valence electrons. The van der Waals surface area contributed by atoms with Gasteiger partial charge >= 0.3 is 0 Å². The summed E-state index contributed by atoms with van der Waals surface area (Å²) in [6.07, 6.45) is 5.26. The smallest absolute Gasteiger partial charge is 0.250 e. The van der Waals surface area contributed by atoms with Gasteiger partial charge in [0.25, 0.3) is 0 Å². The molecule has 1 aromatic rings. The van der Waals surface area contributed by atoms with Crippen molar-refractivity contribution in [1.82, 2.24) is 0 Å². The van der Waals surface area contributed by atoms with Gasteiger partial charge in [0.15, 0.2) is 0 Å². The first-order valence-corrected chi connectivity index (χ1v) is 10.7. The Labute approximate surface area is 129 Å². The maximum Gasteiger partial charge on any atom is 0.250 e. The van der Waals surface area contributed by atoms with Crippen molar-refractivity contribution in [1.29, 1.82) is 0 Å². The Kier molecular flexibility index (Phi) is 5.70. The van der Waals surface area contributed by atoms with Gasteiger partial charge in [-0.2, -0.15) is 0 Å². The third kappa shape index (κ3) is 4.24. The van der Waals surface area contributed by atoms with E-state index in [1.807, 2.05) is 12.1 Å². The summed E-state index contributed by atoms with van der Waals surface area (Å²) in [6, 6.07) is 7.40. The number of hydrogen-bond acceptors (Lipinski definition) is 3. The highest BCUT2D eigenvalue weighted by Gasteiger charge is 2.44. The molecule has 0 saturated carbocycles. The van der Waals surface area contributed by atoms with Crippen LogP contribution in [0.2, 0.25) is 18.1 Å². The lowest BCUT2D eigenvalue weighted by atomic mass is 10.1. The zero-order valence-electron chi connectivity index (χ0n) is 13.6. The van der Waals surface area contributed by atoms with Crippen LogP contribution < -0.4 is 0 Å². The minimum absolute atomic E-state index is 0.123. The third-order valence-corrected chi connectivity index (χ3v) is 9.23. The Morgan fingerprint density at radius 1 is 1.29 bits per heavy atom. The van der Waals surface area contributed by atoms with Crippen LogP contribution in [-0.2, 0) is 15.6 Å². The lowest BCUT2D eigenvalue weighted by Gasteiger charge is -2.29. The SMILES string of the molecule is C=C(O[Si](CC)(CC)CC)[C@H]1O[C@H]1CCCc1ccco1. The van der Waals surface area contributed by atoms with E-state index in [0.717, 1.165) is 48.9 Å². The van der Waals surface area contributed by atoms with E-state index in [9.17, 15) is 0 Å². The van der Waals surface area contributed by atoms with E-state index >= 15 is 0 Å². The third-order valence-electron chi connectivity index (χ3n) is 4.67. The zero-order chi connectivity index (χ0) is 15.3. The molecule has 2 atom stereocenters. The molecule has 0 spiro atoms. The normalized spacial score (nSPS) is 21.3. The molecule has 0 aliphatic carbocycles. The summed E-state index contributed by atoms with van der Waals surface area (Å²) in [5.74, 6) is 1.92. The molecule has 4 heteroatoms. The molecule has 1 fully saturated rings. The van der Waals surface area contributed by atoms with Gasteiger partial charge in [0.05, 0.1) is 12.4 Å². The summed E-state index contributed by atoms with van der Waals surface area (Å²) in [7, 11) is -1.60. The average Bonchev–Trinajstić information content (AvgIpc) is 3.09. The van der Waals surface area contributed by atoms with Crippen molar-refractivity contribution in [2.75, 3.05) is 0 Å². The lowest BCUT2D eigenvalue weighted by molar-refractivity contribution is 0.316. The van der Waals surface area contributed by atoms with Gasteiger partial charge in [-0.05, 0) is 43.1 Å². The number of aryl methyl sites for hydroxylation is 1. The van der Waals surface area contributed by atoms with Crippen LogP contribution in [-0.4, -0.2) is 20.5 Å². The van der Waals surface area contributed by atoms with E-state index in [0.29, 0.717) is 6.10 Å². The standard InChI is InChI=1S/C17H28O3Si/c1-5-21(6-2,7-3)20-14(4)17-16(19-17)12-8-10-15-11-9-13-18-15/h9,11,13,16-17H,4-8,10,12H2,1-3H3/t16-,17+/m0/s1. The molecule has 1 aliphatic rings. The zero-order valence-corrected chi connectivity index (χ0v) is 14.6. The second-order valence-electron chi connectivity index (χ2n) is 5.88. The molecule has 21 heavy (non-hydrogen) atoms. The first kappa shape index (κ1) is 16.4. The van der Waals surface area contributed by atoms with Crippen LogP contribution in [0.25, 0.3) is 0 Å². The van der Waals surface area contributed by atoms with Crippen LogP contribution in [0, 0.1) is 0 Å². The summed E-state index contributed by atoms with van der Waals surface area (Å²) in [5.41, 5.74) is 0. The molecule has 1 aromatic heterocycles. The van der Waals surface area contributed by atoms with Crippen molar-refractivity contribution in [2.45, 2.75) is 70.4 Å². The second kappa shape index (κ2) is 7.32. The van der Waals surface area contributed by atoms with Gasteiger partial charge in [0, 0.05) is 6.42 Å². The number of rotatable bonds is 10. The predicted octanol–water partition coefficient (Wildman–Crippen LogP) is 4.91. The van der Waals surface area contributed by atoms with Crippen molar-refractivity contribution < 1.29 is 13.6 Å². The minimum Gasteiger partial charge on any atom is -0.545 e. The molecule has 0 aromatic carbocycles. The molecule has 0 amide bonds. The van der Waals surface area contributed by atoms with Gasteiger partial charge in [-0.1, -0.05) is 27.4 Å². The summed E-state index contributed by atoms with van der Waals surface area (Å²) >= 11 is 0. The Morgan fingerprint density at radius 3 is 2.57 bits per heavy atom. The number of hydrogen-bond donors (Lipinski definition) is 0. The van der Waals surface area contributed by atoms with Crippen LogP contribution in [0.1, 0.15) is 39.4 Å². The molecule has 0 unspecified atom stereocenters. The van der Waals surface area contributed by atoms with Crippen molar-refractivity contribution in [3.63, 3.8) is 0 Å². The van der Waals surface area contributed by atoms with Crippen LogP contribution >= 0.6 is 0 Å². The fourth-order valence-corrected chi connectivity index (χ4v) is 5.49. The average molecular weight is 308 g/mol. The Hall–Kier alpha value is -1.00. The largest absolute Gasteiger partial charge is 0.545 e. The highest BCUT2D eigenvalue weighted by Crippen LogP contribution is 2.36. The number of ether oxygens (including phenoxy) is 1. The van der Waals surface area contributed by atoms with E-state index < -0.39 is 8.32 Å². The lowest BCUT2D eigenvalue weighted by Crippen LogP contribution is -2.36. The van der Waals surface area contributed by atoms with Crippen molar-refractivity contribution in [3.05, 3.63) is 36.5 Å². The highest BCUT2D eigenvalue weighted by atomic mass is 28.4. The van der Waals surface area contributed by atoms with Gasteiger partial charge in [-0.3, -0.25) is 0 Å². The van der Waals surface area contributed by atoms with Crippen molar-refractivity contribution in [3.8, 4) is 0 Å². The monoisotopic (exact) mass is 308 g/mol. The topological polar surface area (TPSA) is 34.9 Å².